The topological polar surface area (TPSA) is 21.3 Å². The van der Waals surface area contributed by atoms with E-state index in [2.05, 4.69) is 12.2 Å². The lowest BCUT2D eigenvalue weighted by Gasteiger charge is -2.35. The lowest BCUT2D eigenvalue weighted by Crippen LogP contribution is -2.43. The molecular formula is C15H29NO. The quantitative estimate of drug-likeness (QED) is 0.810. The normalized spacial score (nSPS) is 39.2. The van der Waals surface area contributed by atoms with Crippen LogP contribution < -0.4 is 5.32 Å². The van der Waals surface area contributed by atoms with Crippen molar-refractivity contribution in [3.05, 3.63) is 0 Å². The summed E-state index contributed by atoms with van der Waals surface area (Å²) < 4.78 is 5.44. The molecule has 2 fully saturated rings. The first-order chi connectivity index (χ1) is 8.31. The average molecular weight is 239 g/mol. The Morgan fingerprint density at radius 3 is 2.41 bits per heavy atom. The summed E-state index contributed by atoms with van der Waals surface area (Å²) in [6, 6.07) is 1.57. The van der Waals surface area contributed by atoms with Gasteiger partial charge in [0.2, 0.25) is 0 Å². The smallest absolute Gasteiger partial charge is 0.0572 e. The van der Waals surface area contributed by atoms with Crippen LogP contribution in [-0.4, -0.2) is 25.3 Å². The Bertz CT molecular complexity index is 211. The fourth-order valence-corrected chi connectivity index (χ4v) is 3.61. The molecule has 0 saturated heterocycles. The van der Waals surface area contributed by atoms with Crippen molar-refractivity contribution in [1.29, 1.82) is 0 Å². The molecule has 2 unspecified atom stereocenters. The Morgan fingerprint density at radius 1 is 1.00 bits per heavy atom. The van der Waals surface area contributed by atoms with Gasteiger partial charge in [-0.2, -0.15) is 0 Å². The third kappa shape index (κ3) is 3.96. The first-order valence-corrected chi connectivity index (χ1v) is 7.60. The highest BCUT2D eigenvalue weighted by Crippen LogP contribution is 2.28. The second-order valence-corrected chi connectivity index (χ2v) is 6.01. The zero-order valence-electron chi connectivity index (χ0n) is 11.6. The van der Waals surface area contributed by atoms with Gasteiger partial charge in [-0.1, -0.05) is 26.2 Å². The van der Waals surface area contributed by atoms with Crippen LogP contribution in [0.5, 0.6) is 0 Å². The highest BCUT2D eigenvalue weighted by Gasteiger charge is 2.26. The van der Waals surface area contributed by atoms with Gasteiger partial charge in [0.25, 0.3) is 0 Å². The number of nitrogens with one attached hydrogen (secondary N) is 1. The van der Waals surface area contributed by atoms with Crippen molar-refractivity contribution in [2.75, 3.05) is 7.11 Å². The maximum Gasteiger partial charge on any atom is 0.0572 e. The highest BCUT2D eigenvalue weighted by molar-refractivity contribution is 4.84. The van der Waals surface area contributed by atoms with E-state index in [0.717, 1.165) is 18.0 Å². The minimum absolute atomic E-state index is 0.530. The van der Waals surface area contributed by atoms with E-state index in [4.69, 9.17) is 4.74 Å². The molecule has 100 valence electrons. The van der Waals surface area contributed by atoms with Gasteiger partial charge in [-0.25, -0.2) is 0 Å². The van der Waals surface area contributed by atoms with Crippen LogP contribution in [-0.2, 0) is 4.74 Å². The van der Waals surface area contributed by atoms with Crippen molar-refractivity contribution in [3.8, 4) is 0 Å². The zero-order chi connectivity index (χ0) is 12.1. The Labute approximate surface area is 107 Å². The monoisotopic (exact) mass is 239 g/mol. The minimum Gasteiger partial charge on any atom is -0.381 e. The van der Waals surface area contributed by atoms with Crippen LogP contribution in [0.1, 0.15) is 64.7 Å². The molecule has 0 radical (unpaired) electrons. The van der Waals surface area contributed by atoms with Gasteiger partial charge in [0.1, 0.15) is 0 Å². The van der Waals surface area contributed by atoms with Crippen LogP contribution in [0.25, 0.3) is 0 Å². The molecule has 1 N–H and O–H groups in total. The van der Waals surface area contributed by atoms with Gasteiger partial charge in [0, 0.05) is 19.2 Å². The van der Waals surface area contributed by atoms with Crippen LogP contribution in [0.2, 0.25) is 0 Å². The third-order valence-corrected chi connectivity index (χ3v) is 4.84. The Hall–Kier alpha value is -0.0800. The summed E-state index contributed by atoms with van der Waals surface area (Å²) in [5.41, 5.74) is 0. The molecule has 2 aliphatic carbocycles. The first kappa shape index (κ1) is 13.4. The molecule has 2 saturated carbocycles. The minimum atomic E-state index is 0.530. The largest absolute Gasteiger partial charge is 0.381 e. The molecule has 0 aromatic carbocycles. The average Bonchev–Trinajstić information content (AvgIpc) is 2.40. The molecule has 0 heterocycles. The number of methoxy groups -OCH3 is 1. The molecule has 0 spiro atoms. The maximum atomic E-state index is 5.44. The fraction of sp³-hybridized carbons (Fsp3) is 1.00. The molecule has 2 atom stereocenters. The Morgan fingerprint density at radius 2 is 1.76 bits per heavy atom. The van der Waals surface area contributed by atoms with E-state index in [1.165, 1.54) is 57.8 Å². The summed E-state index contributed by atoms with van der Waals surface area (Å²) in [4.78, 5) is 0. The van der Waals surface area contributed by atoms with Crippen molar-refractivity contribution in [1.82, 2.24) is 5.32 Å². The summed E-state index contributed by atoms with van der Waals surface area (Å²) in [5.74, 6) is 0.983. The fourth-order valence-electron chi connectivity index (χ4n) is 3.61. The van der Waals surface area contributed by atoms with Crippen molar-refractivity contribution < 1.29 is 4.74 Å². The Balaban J connectivity index is 1.70. The van der Waals surface area contributed by atoms with Gasteiger partial charge < -0.3 is 10.1 Å². The summed E-state index contributed by atoms with van der Waals surface area (Å²) in [6.45, 7) is 2.34. The molecule has 2 heteroatoms. The van der Waals surface area contributed by atoms with Crippen LogP contribution in [0.4, 0.5) is 0 Å². The molecule has 2 nitrogen and oxygen atoms in total. The van der Waals surface area contributed by atoms with Crippen LogP contribution in [0.3, 0.4) is 0 Å². The molecule has 0 bridgehead atoms. The van der Waals surface area contributed by atoms with Gasteiger partial charge in [-0.3, -0.25) is 0 Å². The van der Waals surface area contributed by atoms with Gasteiger partial charge in [0.05, 0.1) is 6.10 Å². The number of ether oxygens (including phenoxy) is 1. The van der Waals surface area contributed by atoms with Gasteiger partial charge in [-0.05, 0) is 44.4 Å². The van der Waals surface area contributed by atoms with Gasteiger partial charge >= 0.3 is 0 Å². The molecule has 2 rings (SSSR count). The van der Waals surface area contributed by atoms with E-state index >= 15 is 0 Å². The predicted octanol–water partition coefficient (Wildman–Crippen LogP) is 3.50. The molecule has 0 amide bonds. The Kier molecular flexibility index (Phi) is 5.30. The lowest BCUT2D eigenvalue weighted by atomic mass is 9.83. The SMILES string of the molecule is CCC1CCCC(NC2CCC(OC)CC2)C1. The maximum absolute atomic E-state index is 5.44. The van der Waals surface area contributed by atoms with Crippen molar-refractivity contribution in [2.24, 2.45) is 5.92 Å². The van der Waals surface area contributed by atoms with E-state index in [1.54, 1.807) is 0 Å². The summed E-state index contributed by atoms with van der Waals surface area (Å²) >= 11 is 0. The molecule has 0 aromatic heterocycles. The molecular weight excluding hydrogens is 210 g/mol. The second kappa shape index (κ2) is 6.75. The summed E-state index contributed by atoms with van der Waals surface area (Å²) in [5, 5.41) is 3.91. The van der Waals surface area contributed by atoms with Crippen LogP contribution >= 0.6 is 0 Å². The predicted molar refractivity (Wildman–Crippen MR) is 72.2 cm³/mol. The van der Waals surface area contributed by atoms with E-state index in [1.807, 2.05) is 7.11 Å². The number of hydrogen-bond acceptors (Lipinski definition) is 2. The van der Waals surface area contributed by atoms with E-state index in [-0.39, 0.29) is 0 Å². The van der Waals surface area contributed by atoms with Crippen LogP contribution in [0.15, 0.2) is 0 Å². The van der Waals surface area contributed by atoms with Gasteiger partial charge in [-0.15, -0.1) is 0 Å². The van der Waals surface area contributed by atoms with Crippen molar-refractivity contribution >= 4 is 0 Å². The second-order valence-electron chi connectivity index (χ2n) is 6.01. The molecule has 2 aliphatic rings. The van der Waals surface area contributed by atoms with E-state index in [9.17, 15) is 0 Å². The number of hydrogen-bond donors (Lipinski definition) is 1. The third-order valence-electron chi connectivity index (χ3n) is 4.84. The number of rotatable bonds is 4. The standard InChI is InChI=1S/C15H29NO/c1-3-12-5-4-6-14(11-12)16-13-7-9-15(17-2)10-8-13/h12-16H,3-11H2,1-2H3. The van der Waals surface area contributed by atoms with Gasteiger partial charge in [0.15, 0.2) is 0 Å². The highest BCUT2D eigenvalue weighted by atomic mass is 16.5. The van der Waals surface area contributed by atoms with E-state index < -0.39 is 0 Å². The van der Waals surface area contributed by atoms with E-state index in [0.29, 0.717) is 6.10 Å². The van der Waals surface area contributed by atoms with Crippen LogP contribution in [0, 0.1) is 5.92 Å². The lowest BCUT2D eigenvalue weighted by molar-refractivity contribution is 0.0597. The van der Waals surface area contributed by atoms with Crippen molar-refractivity contribution in [3.63, 3.8) is 0 Å². The molecule has 17 heavy (non-hydrogen) atoms. The zero-order valence-corrected chi connectivity index (χ0v) is 11.6. The summed E-state index contributed by atoms with van der Waals surface area (Å²) in [6.07, 6.45) is 12.7. The molecule has 0 aliphatic heterocycles. The first-order valence-electron chi connectivity index (χ1n) is 7.60. The van der Waals surface area contributed by atoms with Crippen molar-refractivity contribution in [2.45, 2.75) is 82.9 Å². The molecule has 0 aromatic rings. The summed E-state index contributed by atoms with van der Waals surface area (Å²) in [7, 11) is 1.85.